The molecule has 2 rings (SSSR count). The molecular formula is C13H9BrFNOS. The van der Waals surface area contributed by atoms with Gasteiger partial charge < -0.3 is 10.5 Å². The van der Waals surface area contributed by atoms with Crippen molar-refractivity contribution in [2.75, 3.05) is 0 Å². The van der Waals surface area contributed by atoms with Gasteiger partial charge in [0, 0.05) is 4.47 Å². The Hall–Kier alpha value is -1.46. The lowest BCUT2D eigenvalue weighted by Gasteiger charge is -2.10. The minimum absolute atomic E-state index is 0.0276. The van der Waals surface area contributed by atoms with Gasteiger partial charge in [0.1, 0.15) is 22.3 Å². The summed E-state index contributed by atoms with van der Waals surface area (Å²) in [7, 11) is 0. The average molecular weight is 326 g/mol. The number of nitrogens with two attached hydrogens (primary N) is 1. The summed E-state index contributed by atoms with van der Waals surface area (Å²) in [6, 6.07) is 11.6. The fourth-order valence-electron chi connectivity index (χ4n) is 1.46. The summed E-state index contributed by atoms with van der Waals surface area (Å²) in [5.74, 6) is 0.406. The van der Waals surface area contributed by atoms with Crippen molar-refractivity contribution in [1.82, 2.24) is 0 Å². The van der Waals surface area contributed by atoms with Crippen molar-refractivity contribution in [3.63, 3.8) is 0 Å². The Balaban J connectivity index is 2.37. The minimum Gasteiger partial charge on any atom is -0.457 e. The Bertz CT molecular complexity index is 586. The summed E-state index contributed by atoms with van der Waals surface area (Å²) < 4.78 is 20.1. The second-order valence-corrected chi connectivity index (χ2v) is 4.89. The van der Waals surface area contributed by atoms with Gasteiger partial charge in [-0.25, -0.2) is 4.39 Å². The van der Waals surface area contributed by atoms with E-state index in [9.17, 15) is 4.39 Å². The van der Waals surface area contributed by atoms with Crippen LogP contribution in [0.15, 0.2) is 46.9 Å². The van der Waals surface area contributed by atoms with Crippen LogP contribution in [0.25, 0.3) is 0 Å². The normalized spacial score (nSPS) is 10.1. The van der Waals surface area contributed by atoms with Crippen LogP contribution in [0, 0.1) is 5.82 Å². The van der Waals surface area contributed by atoms with Crippen molar-refractivity contribution in [3.05, 3.63) is 58.3 Å². The molecule has 0 saturated heterocycles. The number of rotatable bonds is 3. The van der Waals surface area contributed by atoms with Crippen LogP contribution < -0.4 is 10.5 Å². The fraction of sp³-hybridized carbons (Fsp3) is 0. The molecule has 0 saturated carbocycles. The molecule has 0 radical (unpaired) electrons. The molecule has 0 unspecified atom stereocenters. The highest BCUT2D eigenvalue weighted by Gasteiger charge is 2.12. The molecule has 0 aliphatic carbocycles. The van der Waals surface area contributed by atoms with Crippen LogP contribution in [-0.4, -0.2) is 4.99 Å². The van der Waals surface area contributed by atoms with E-state index in [0.717, 1.165) is 4.47 Å². The van der Waals surface area contributed by atoms with Crippen molar-refractivity contribution in [2.45, 2.75) is 0 Å². The standard InChI is InChI=1S/C13H9BrFNOS/c14-8-4-6-9(7-5-8)17-11-3-1-2-10(15)12(11)13(16)18/h1-7H,(H2,16,18). The van der Waals surface area contributed by atoms with Gasteiger partial charge in [0.2, 0.25) is 0 Å². The maximum atomic E-state index is 13.6. The van der Waals surface area contributed by atoms with Crippen molar-refractivity contribution in [1.29, 1.82) is 0 Å². The summed E-state index contributed by atoms with van der Waals surface area (Å²) in [4.78, 5) is -0.0276. The van der Waals surface area contributed by atoms with Gasteiger partial charge in [0.15, 0.2) is 0 Å². The van der Waals surface area contributed by atoms with Gasteiger partial charge in [0.05, 0.1) is 5.56 Å². The third-order valence-corrected chi connectivity index (χ3v) is 3.00. The van der Waals surface area contributed by atoms with E-state index in [1.54, 1.807) is 24.3 Å². The van der Waals surface area contributed by atoms with Crippen LogP contribution in [0.4, 0.5) is 4.39 Å². The Morgan fingerprint density at radius 3 is 2.44 bits per heavy atom. The predicted octanol–water partition coefficient (Wildman–Crippen LogP) is 4.01. The molecule has 18 heavy (non-hydrogen) atoms. The number of hydrogen-bond donors (Lipinski definition) is 1. The molecule has 2 N–H and O–H groups in total. The minimum atomic E-state index is -0.489. The molecule has 0 heterocycles. The molecule has 0 atom stereocenters. The van der Waals surface area contributed by atoms with E-state index in [-0.39, 0.29) is 10.6 Å². The lowest BCUT2D eigenvalue weighted by Crippen LogP contribution is -2.13. The first-order chi connectivity index (χ1) is 8.58. The molecule has 0 aromatic heterocycles. The molecule has 5 heteroatoms. The molecule has 0 aliphatic rings. The van der Waals surface area contributed by atoms with E-state index in [2.05, 4.69) is 15.9 Å². The monoisotopic (exact) mass is 325 g/mol. The van der Waals surface area contributed by atoms with Gasteiger partial charge >= 0.3 is 0 Å². The Morgan fingerprint density at radius 1 is 1.17 bits per heavy atom. The maximum Gasteiger partial charge on any atom is 0.140 e. The fourth-order valence-corrected chi connectivity index (χ4v) is 1.92. The number of ether oxygens (including phenoxy) is 1. The zero-order valence-corrected chi connectivity index (χ0v) is 11.6. The average Bonchev–Trinajstić information content (AvgIpc) is 2.32. The third-order valence-electron chi connectivity index (χ3n) is 2.26. The number of hydrogen-bond acceptors (Lipinski definition) is 2. The molecule has 0 bridgehead atoms. The van der Waals surface area contributed by atoms with Crippen LogP contribution in [0.5, 0.6) is 11.5 Å². The van der Waals surface area contributed by atoms with Crippen molar-refractivity contribution in [2.24, 2.45) is 5.73 Å². The second kappa shape index (κ2) is 5.46. The van der Waals surface area contributed by atoms with E-state index in [1.165, 1.54) is 6.07 Å². The molecule has 2 aromatic rings. The van der Waals surface area contributed by atoms with Crippen LogP contribution >= 0.6 is 28.1 Å². The number of halogens is 2. The van der Waals surface area contributed by atoms with Crippen LogP contribution in [0.1, 0.15) is 5.56 Å². The zero-order valence-electron chi connectivity index (χ0n) is 9.19. The first-order valence-corrected chi connectivity index (χ1v) is 6.30. The van der Waals surface area contributed by atoms with Crippen molar-refractivity contribution in [3.8, 4) is 11.5 Å². The van der Waals surface area contributed by atoms with Gasteiger partial charge in [0.25, 0.3) is 0 Å². The highest BCUT2D eigenvalue weighted by molar-refractivity contribution is 9.10. The van der Waals surface area contributed by atoms with E-state index in [1.807, 2.05) is 12.1 Å². The summed E-state index contributed by atoms with van der Waals surface area (Å²) >= 11 is 8.15. The second-order valence-electron chi connectivity index (χ2n) is 3.53. The highest BCUT2D eigenvalue weighted by atomic mass is 79.9. The Morgan fingerprint density at radius 2 is 1.83 bits per heavy atom. The molecule has 0 spiro atoms. The molecule has 92 valence electrons. The van der Waals surface area contributed by atoms with Crippen LogP contribution in [0.2, 0.25) is 0 Å². The van der Waals surface area contributed by atoms with Gasteiger partial charge in [-0.2, -0.15) is 0 Å². The quantitative estimate of drug-likeness (QED) is 0.866. The first kappa shape index (κ1) is 13.0. The summed E-state index contributed by atoms with van der Waals surface area (Å²) in [5.41, 5.74) is 5.62. The molecular weight excluding hydrogens is 317 g/mol. The van der Waals surface area contributed by atoms with Gasteiger partial charge in [-0.15, -0.1) is 0 Å². The van der Waals surface area contributed by atoms with Gasteiger partial charge in [-0.3, -0.25) is 0 Å². The molecule has 0 aliphatic heterocycles. The first-order valence-electron chi connectivity index (χ1n) is 5.09. The number of benzene rings is 2. The molecule has 0 amide bonds. The van der Waals surface area contributed by atoms with E-state index in [0.29, 0.717) is 11.5 Å². The van der Waals surface area contributed by atoms with Crippen molar-refractivity contribution >= 4 is 33.1 Å². The molecule has 2 nitrogen and oxygen atoms in total. The van der Waals surface area contributed by atoms with Crippen LogP contribution in [-0.2, 0) is 0 Å². The van der Waals surface area contributed by atoms with Gasteiger partial charge in [-0.05, 0) is 36.4 Å². The Kier molecular flexibility index (Phi) is 3.93. The van der Waals surface area contributed by atoms with Gasteiger partial charge in [-0.1, -0.05) is 34.2 Å². The number of thiocarbonyl (C=S) groups is 1. The van der Waals surface area contributed by atoms with E-state index in [4.69, 9.17) is 22.7 Å². The Labute approximate surface area is 118 Å². The highest BCUT2D eigenvalue weighted by Crippen LogP contribution is 2.28. The topological polar surface area (TPSA) is 35.2 Å². The molecule has 0 fully saturated rings. The van der Waals surface area contributed by atoms with Crippen molar-refractivity contribution < 1.29 is 9.13 Å². The summed E-state index contributed by atoms with van der Waals surface area (Å²) in [6.45, 7) is 0. The lowest BCUT2D eigenvalue weighted by molar-refractivity contribution is 0.475. The molecule has 2 aromatic carbocycles. The summed E-state index contributed by atoms with van der Waals surface area (Å²) in [5, 5.41) is 0. The van der Waals surface area contributed by atoms with E-state index < -0.39 is 5.82 Å². The van der Waals surface area contributed by atoms with Crippen LogP contribution in [0.3, 0.4) is 0 Å². The van der Waals surface area contributed by atoms with E-state index >= 15 is 0 Å². The largest absolute Gasteiger partial charge is 0.457 e. The lowest BCUT2D eigenvalue weighted by atomic mass is 10.2. The zero-order chi connectivity index (χ0) is 13.1. The maximum absolute atomic E-state index is 13.6. The smallest absolute Gasteiger partial charge is 0.140 e. The SMILES string of the molecule is NC(=S)c1c(F)cccc1Oc1ccc(Br)cc1. The predicted molar refractivity (Wildman–Crippen MR) is 76.5 cm³/mol. The third kappa shape index (κ3) is 2.86. The summed E-state index contributed by atoms with van der Waals surface area (Å²) in [6.07, 6.45) is 0.